The second-order valence-corrected chi connectivity index (χ2v) is 12.8. The van der Waals surface area contributed by atoms with Gasteiger partial charge in [-0.25, -0.2) is 9.18 Å². The first-order valence-electron chi connectivity index (χ1n) is 16.2. The predicted octanol–water partition coefficient (Wildman–Crippen LogP) is 3.30. The second-order valence-electron chi connectivity index (χ2n) is 12.8. The van der Waals surface area contributed by atoms with E-state index >= 15 is 0 Å². The summed E-state index contributed by atoms with van der Waals surface area (Å²) in [4.78, 5) is 57.3. The van der Waals surface area contributed by atoms with Crippen LogP contribution in [0.4, 0.5) is 9.18 Å². The molecule has 1 saturated heterocycles. The highest BCUT2D eigenvalue weighted by Gasteiger charge is 2.61. The largest absolute Gasteiger partial charge is 0.465 e. The molecule has 4 amide bonds. The molecule has 0 radical (unpaired) electrons. The number of ether oxygens (including phenoxy) is 1. The number of hydrogen-bond acceptors (Lipinski definition) is 8. The molecule has 13 heteroatoms. The van der Waals surface area contributed by atoms with Crippen LogP contribution in [0.25, 0.3) is 0 Å². The van der Waals surface area contributed by atoms with Crippen LogP contribution in [-0.2, 0) is 38.8 Å². The SMILES string of the molecule is Cc1ccc(CN[C@H]2CCCCC/C=C\C3C[C@@]3(C(=O)NC#N)NC(=O)C3C[C@@H](OC(=O)N4Cc5cccc(F)c5C4)CN3C2=O)o1. The fraction of sp³-hybridized carbons (Fsp3) is 0.500. The summed E-state index contributed by atoms with van der Waals surface area (Å²) in [5, 5.41) is 17.5. The van der Waals surface area contributed by atoms with E-state index < -0.39 is 47.5 Å². The number of amides is 4. The van der Waals surface area contributed by atoms with Gasteiger partial charge in [-0.05, 0) is 56.4 Å². The van der Waals surface area contributed by atoms with E-state index in [0.29, 0.717) is 36.3 Å². The van der Waals surface area contributed by atoms with Crippen LogP contribution < -0.4 is 16.0 Å². The normalized spacial score (nSPS) is 28.1. The molecule has 2 aromatic rings. The minimum Gasteiger partial charge on any atom is -0.465 e. The molecule has 0 bridgehead atoms. The Morgan fingerprint density at radius 1 is 1.19 bits per heavy atom. The van der Waals surface area contributed by atoms with E-state index in [1.54, 1.807) is 18.3 Å². The molecule has 2 fully saturated rings. The number of halogens is 1. The van der Waals surface area contributed by atoms with Crippen LogP contribution in [0.15, 0.2) is 46.9 Å². The zero-order valence-electron chi connectivity index (χ0n) is 26.3. The number of carbonyl (C=O) groups is 4. The Kier molecular flexibility index (Phi) is 9.31. The lowest BCUT2D eigenvalue weighted by Gasteiger charge is -2.29. The number of hydrogen-bond donors (Lipinski definition) is 3. The predicted molar refractivity (Wildman–Crippen MR) is 165 cm³/mol. The van der Waals surface area contributed by atoms with E-state index in [1.165, 1.54) is 15.9 Å². The first kappa shape index (κ1) is 32.2. The van der Waals surface area contributed by atoms with Gasteiger partial charge in [0.25, 0.3) is 5.91 Å². The number of nitrogens with one attached hydrogen (secondary N) is 3. The van der Waals surface area contributed by atoms with Crippen molar-refractivity contribution in [3.8, 4) is 6.19 Å². The standard InChI is InChI=1S/C34H39FN6O6/c1-21-12-13-24(46-21)16-37-28-11-6-4-2-3-5-9-23-15-34(23,32(44)38-20-36)39-30(42)29-14-25(18-41(29)31(28)43)47-33(45)40-17-22-8-7-10-27(35)26(22)19-40/h5,7-10,12-13,23,25,28-29,37H,2-4,6,11,14-19H2,1H3,(H,38,44)(H,39,42)/b9-5-/t23?,25-,28+,29?,34-/m1/s1. The van der Waals surface area contributed by atoms with E-state index in [0.717, 1.165) is 31.4 Å². The van der Waals surface area contributed by atoms with Crippen LogP contribution in [0.1, 0.15) is 67.6 Å². The Morgan fingerprint density at radius 3 is 2.81 bits per heavy atom. The highest BCUT2D eigenvalue weighted by Crippen LogP contribution is 2.45. The van der Waals surface area contributed by atoms with E-state index in [9.17, 15) is 23.6 Å². The Labute approximate surface area is 272 Å². The van der Waals surface area contributed by atoms with E-state index in [2.05, 4.69) is 16.0 Å². The number of fused-ring (bicyclic) bond motifs is 3. The molecule has 4 heterocycles. The molecule has 47 heavy (non-hydrogen) atoms. The number of benzene rings is 1. The zero-order chi connectivity index (χ0) is 33.1. The van der Waals surface area contributed by atoms with Gasteiger partial charge in [-0.3, -0.25) is 29.9 Å². The van der Waals surface area contributed by atoms with Gasteiger partial charge in [0.2, 0.25) is 11.8 Å². The summed E-state index contributed by atoms with van der Waals surface area (Å²) in [6, 6.07) is 6.71. The van der Waals surface area contributed by atoms with Gasteiger partial charge in [0, 0.05) is 24.4 Å². The minimum absolute atomic E-state index is 0.0129. The average molecular weight is 647 g/mol. The summed E-state index contributed by atoms with van der Waals surface area (Å²) in [7, 11) is 0. The van der Waals surface area contributed by atoms with Crippen molar-refractivity contribution in [3.63, 3.8) is 0 Å². The van der Waals surface area contributed by atoms with Crippen LogP contribution in [0.3, 0.4) is 0 Å². The molecule has 4 aliphatic rings. The molecule has 1 aromatic heterocycles. The van der Waals surface area contributed by atoms with Gasteiger partial charge in [0.05, 0.1) is 25.7 Å². The van der Waals surface area contributed by atoms with E-state index in [1.807, 2.05) is 31.2 Å². The third-order valence-electron chi connectivity index (χ3n) is 9.58. The van der Waals surface area contributed by atoms with Crippen molar-refractivity contribution in [3.05, 3.63) is 70.9 Å². The fourth-order valence-electron chi connectivity index (χ4n) is 6.91. The molecule has 2 unspecified atom stereocenters. The van der Waals surface area contributed by atoms with Gasteiger partial charge in [-0.15, -0.1) is 0 Å². The maximum atomic E-state index is 14.3. The number of aryl methyl sites for hydroxylation is 1. The molecule has 1 aromatic carbocycles. The van der Waals surface area contributed by atoms with Crippen LogP contribution in [-0.4, -0.2) is 63.9 Å². The third kappa shape index (κ3) is 6.88. The zero-order valence-corrected chi connectivity index (χ0v) is 26.3. The lowest BCUT2D eigenvalue weighted by atomic mass is 10.0. The monoisotopic (exact) mass is 646 g/mol. The Balaban J connectivity index is 1.23. The molecular formula is C34H39FN6O6. The maximum Gasteiger partial charge on any atom is 0.410 e. The van der Waals surface area contributed by atoms with Gasteiger partial charge in [0.1, 0.15) is 35.0 Å². The number of rotatable bonds is 5. The molecule has 6 rings (SSSR count). The third-order valence-corrected chi connectivity index (χ3v) is 9.58. The number of nitriles is 1. The first-order valence-corrected chi connectivity index (χ1v) is 16.2. The quantitative estimate of drug-likeness (QED) is 0.254. The summed E-state index contributed by atoms with van der Waals surface area (Å²) >= 11 is 0. The first-order chi connectivity index (χ1) is 22.7. The minimum atomic E-state index is -1.31. The summed E-state index contributed by atoms with van der Waals surface area (Å²) in [6.45, 7) is 2.37. The van der Waals surface area contributed by atoms with Crippen LogP contribution >= 0.6 is 0 Å². The Hall–Kier alpha value is -4.70. The Morgan fingerprint density at radius 2 is 2.04 bits per heavy atom. The smallest absolute Gasteiger partial charge is 0.410 e. The highest BCUT2D eigenvalue weighted by molar-refractivity contribution is 5.98. The van der Waals surface area contributed by atoms with Gasteiger partial charge < -0.3 is 19.4 Å². The van der Waals surface area contributed by atoms with Crippen molar-refractivity contribution in [1.29, 1.82) is 5.26 Å². The van der Waals surface area contributed by atoms with Crippen molar-refractivity contribution < 1.29 is 32.7 Å². The van der Waals surface area contributed by atoms with Crippen LogP contribution in [0.5, 0.6) is 0 Å². The van der Waals surface area contributed by atoms with Gasteiger partial charge >= 0.3 is 6.09 Å². The lowest BCUT2D eigenvalue weighted by molar-refractivity contribution is -0.141. The van der Waals surface area contributed by atoms with E-state index in [-0.39, 0.29) is 37.9 Å². The molecule has 1 aliphatic carbocycles. The van der Waals surface area contributed by atoms with Crippen molar-refractivity contribution in [2.24, 2.45) is 5.92 Å². The number of nitrogens with zero attached hydrogens (tertiary/aromatic N) is 3. The van der Waals surface area contributed by atoms with Crippen molar-refractivity contribution >= 4 is 23.8 Å². The van der Waals surface area contributed by atoms with Crippen molar-refractivity contribution in [2.45, 2.75) is 95.2 Å². The maximum absolute atomic E-state index is 14.3. The topological polar surface area (TPSA) is 157 Å². The number of carbonyl (C=O) groups excluding carboxylic acids is 4. The summed E-state index contributed by atoms with van der Waals surface area (Å²) < 4.78 is 25.9. The Bertz CT molecular complexity index is 1620. The van der Waals surface area contributed by atoms with Crippen molar-refractivity contribution in [2.75, 3.05) is 6.54 Å². The fourth-order valence-corrected chi connectivity index (χ4v) is 6.91. The summed E-state index contributed by atoms with van der Waals surface area (Å²) in [5.74, 6) is -0.761. The van der Waals surface area contributed by atoms with Crippen molar-refractivity contribution in [1.82, 2.24) is 25.8 Å². The van der Waals surface area contributed by atoms with Gasteiger partial charge in [0.15, 0.2) is 6.19 Å². The molecule has 248 valence electrons. The molecule has 3 N–H and O–H groups in total. The van der Waals surface area contributed by atoms with E-state index in [4.69, 9.17) is 14.4 Å². The molecular weight excluding hydrogens is 607 g/mol. The molecule has 12 nitrogen and oxygen atoms in total. The number of allylic oxidation sites excluding steroid dienone is 1. The highest BCUT2D eigenvalue weighted by atomic mass is 19.1. The summed E-state index contributed by atoms with van der Waals surface area (Å²) in [6.07, 6.45) is 8.25. The summed E-state index contributed by atoms with van der Waals surface area (Å²) in [5.41, 5.74) is -0.175. The van der Waals surface area contributed by atoms with Crippen LogP contribution in [0.2, 0.25) is 0 Å². The van der Waals surface area contributed by atoms with Gasteiger partial charge in [-0.2, -0.15) is 5.26 Å². The molecule has 3 aliphatic heterocycles. The van der Waals surface area contributed by atoms with Crippen LogP contribution in [0, 0.1) is 30.1 Å². The average Bonchev–Trinajstić information content (AvgIpc) is 3.40. The second kappa shape index (κ2) is 13.6. The lowest BCUT2D eigenvalue weighted by Crippen LogP contribution is -2.57. The van der Waals surface area contributed by atoms with Gasteiger partial charge in [-0.1, -0.05) is 37.1 Å². The molecule has 5 atom stereocenters. The number of furan rings is 1. The molecule has 1 saturated carbocycles. The molecule has 0 spiro atoms.